The number of methoxy groups -OCH3 is 1. The second-order valence-corrected chi connectivity index (χ2v) is 6.17. The number of nitrogens with zero attached hydrogens (tertiary/aromatic N) is 1. The van der Waals surface area contributed by atoms with Gasteiger partial charge in [0.15, 0.2) is 0 Å². The maximum atomic E-state index is 12.7. The summed E-state index contributed by atoms with van der Waals surface area (Å²) in [6.07, 6.45) is 0.0623. The Labute approximate surface area is 154 Å². The minimum Gasteiger partial charge on any atom is -0.497 e. The van der Waals surface area contributed by atoms with Gasteiger partial charge in [-0.1, -0.05) is 0 Å². The van der Waals surface area contributed by atoms with E-state index in [-0.39, 0.29) is 18.2 Å². The van der Waals surface area contributed by atoms with E-state index in [0.29, 0.717) is 22.7 Å². The Balaban J connectivity index is 1.56. The van der Waals surface area contributed by atoms with E-state index in [9.17, 15) is 14.4 Å². The largest absolute Gasteiger partial charge is 0.497 e. The van der Waals surface area contributed by atoms with Gasteiger partial charge in [-0.3, -0.25) is 9.59 Å². The van der Waals surface area contributed by atoms with Crippen molar-refractivity contribution in [3.05, 3.63) is 65.0 Å². The van der Waals surface area contributed by atoms with Gasteiger partial charge >= 0.3 is 5.63 Å². The molecule has 1 N–H and O–H groups in total. The van der Waals surface area contributed by atoms with E-state index in [0.717, 1.165) is 5.39 Å². The van der Waals surface area contributed by atoms with Crippen molar-refractivity contribution in [2.45, 2.75) is 12.5 Å². The predicted molar refractivity (Wildman–Crippen MR) is 100.0 cm³/mol. The Morgan fingerprint density at radius 3 is 2.56 bits per heavy atom. The number of hydrogen-bond donors (Lipinski definition) is 1. The van der Waals surface area contributed by atoms with Crippen LogP contribution in [0.4, 0.5) is 11.4 Å². The lowest BCUT2D eigenvalue weighted by Crippen LogP contribution is -2.34. The molecule has 27 heavy (non-hydrogen) atoms. The van der Waals surface area contributed by atoms with Crippen molar-refractivity contribution in [2.24, 2.45) is 0 Å². The smallest absolute Gasteiger partial charge is 0.336 e. The average molecular weight is 364 g/mol. The number of imide groups is 1. The molecule has 1 aliphatic heterocycles. The van der Waals surface area contributed by atoms with Crippen LogP contribution >= 0.6 is 0 Å². The highest BCUT2D eigenvalue weighted by molar-refractivity contribution is 6.23. The van der Waals surface area contributed by atoms with Crippen molar-refractivity contribution in [1.29, 1.82) is 0 Å². The molecule has 1 unspecified atom stereocenters. The summed E-state index contributed by atoms with van der Waals surface area (Å²) in [6, 6.07) is 14.2. The molecule has 2 amide bonds. The number of hydrogen-bond acceptors (Lipinski definition) is 6. The molecule has 4 rings (SSSR count). The van der Waals surface area contributed by atoms with Crippen LogP contribution in [0.25, 0.3) is 11.0 Å². The number of ether oxygens (including phenoxy) is 1. The molecular weight excluding hydrogens is 348 g/mol. The van der Waals surface area contributed by atoms with E-state index in [1.54, 1.807) is 55.6 Å². The van der Waals surface area contributed by atoms with Crippen LogP contribution < -0.4 is 20.6 Å². The Morgan fingerprint density at radius 1 is 1.04 bits per heavy atom. The van der Waals surface area contributed by atoms with Crippen LogP contribution in [0.1, 0.15) is 6.42 Å². The molecular formula is C20H16N2O5. The molecule has 0 spiro atoms. The third kappa shape index (κ3) is 3.15. The number of carbonyl (C=O) groups is 2. The molecule has 1 aliphatic rings. The summed E-state index contributed by atoms with van der Waals surface area (Å²) in [7, 11) is 1.55. The highest BCUT2D eigenvalue weighted by atomic mass is 16.5. The van der Waals surface area contributed by atoms with Gasteiger partial charge in [0.25, 0.3) is 5.91 Å². The first kappa shape index (κ1) is 16.8. The van der Waals surface area contributed by atoms with E-state index >= 15 is 0 Å². The van der Waals surface area contributed by atoms with Gasteiger partial charge in [0.1, 0.15) is 17.4 Å². The predicted octanol–water partition coefficient (Wildman–Crippen LogP) is 2.55. The zero-order valence-electron chi connectivity index (χ0n) is 14.5. The lowest BCUT2D eigenvalue weighted by atomic mass is 10.2. The van der Waals surface area contributed by atoms with Gasteiger partial charge in [-0.05, 0) is 48.5 Å². The van der Waals surface area contributed by atoms with Crippen molar-refractivity contribution in [2.75, 3.05) is 17.3 Å². The van der Waals surface area contributed by atoms with Gasteiger partial charge in [-0.25, -0.2) is 9.69 Å². The number of amides is 2. The summed E-state index contributed by atoms with van der Waals surface area (Å²) in [5, 5.41) is 3.82. The molecule has 7 heteroatoms. The van der Waals surface area contributed by atoms with E-state index < -0.39 is 11.7 Å². The zero-order valence-corrected chi connectivity index (χ0v) is 14.5. The van der Waals surface area contributed by atoms with Gasteiger partial charge in [0.05, 0.1) is 19.2 Å². The normalized spacial score (nSPS) is 16.8. The lowest BCUT2D eigenvalue weighted by Gasteiger charge is -2.16. The quantitative estimate of drug-likeness (QED) is 0.565. The molecule has 1 saturated heterocycles. The van der Waals surface area contributed by atoms with Crippen molar-refractivity contribution in [1.82, 2.24) is 0 Å². The van der Waals surface area contributed by atoms with Gasteiger partial charge in [-0.2, -0.15) is 0 Å². The number of anilines is 2. The van der Waals surface area contributed by atoms with Crippen LogP contribution in [0.3, 0.4) is 0 Å². The second kappa shape index (κ2) is 6.60. The minimum absolute atomic E-state index is 0.0623. The van der Waals surface area contributed by atoms with Crippen LogP contribution in [-0.2, 0) is 9.59 Å². The van der Waals surface area contributed by atoms with E-state index in [2.05, 4.69) is 5.32 Å². The molecule has 1 atom stereocenters. The van der Waals surface area contributed by atoms with Crippen molar-refractivity contribution in [3.8, 4) is 5.75 Å². The fourth-order valence-electron chi connectivity index (χ4n) is 3.11. The summed E-state index contributed by atoms with van der Waals surface area (Å²) < 4.78 is 10.2. The van der Waals surface area contributed by atoms with Crippen molar-refractivity contribution >= 4 is 34.2 Å². The minimum atomic E-state index is -0.659. The average Bonchev–Trinajstić information content (AvgIpc) is 2.95. The van der Waals surface area contributed by atoms with E-state index in [4.69, 9.17) is 9.15 Å². The van der Waals surface area contributed by atoms with Gasteiger partial charge in [0.2, 0.25) is 5.91 Å². The molecule has 2 heterocycles. The van der Waals surface area contributed by atoms with E-state index in [1.165, 1.54) is 11.0 Å². The summed E-state index contributed by atoms with van der Waals surface area (Å²) >= 11 is 0. The van der Waals surface area contributed by atoms with Gasteiger partial charge in [-0.15, -0.1) is 0 Å². The highest BCUT2D eigenvalue weighted by Crippen LogP contribution is 2.27. The molecule has 7 nitrogen and oxygen atoms in total. The number of rotatable bonds is 4. The Kier molecular flexibility index (Phi) is 4.12. The monoisotopic (exact) mass is 364 g/mol. The molecule has 0 saturated carbocycles. The highest BCUT2D eigenvalue weighted by Gasteiger charge is 2.39. The van der Waals surface area contributed by atoms with Gasteiger partial charge < -0.3 is 14.5 Å². The summed E-state index contributed by atoms with van der Waals surface area (Å²) in [5.74, 6) is 0.0645. The first-order chi connectivity index (χ1) is 13.0. The molecule has 0 aliphatic carbocycles. The van der Waals surface area contributed by atoms with Crippen LogP contribution in [-0.4, -0.2) is 25.0 Å². The molecule has 0 bridgehead atoms. The topological polar surface area (TPSA) is 88.8 Å². The fourth-order valence-corrected chi connectivity index (χ4v) is 3.11. The maximum absolute atomic E-state index is 12.7. The molecule has 2 aromatic carbocycles. The van der Waals surface area contributed by atoms with Crippen LogP contribution in [0.2, 0.25) is 0 Å². The van der Waals surface area contributed by atoms with Crippen molar-refractivity contribution < 1.29 is 18.7 Å². The molecule has 0 radical (unpaired) electrons. The van der Waals surface area contributed by atoms with E-state index in [1.807, 2.05) is 0 Å². The summed E-state index contributed by atoms with van der Waals surface area (Å²) in [4.78, 5) is 37.5. The molecule has 3 aromatic rings. The second-order valence-electron chi connectivity index (χ2n) is 6.17. The Morgan fingerprint density at radius 2 is 1.81 bits per heavy atom. The maximum Gasteiger partial charge on any atom is 0.336 e. The Bertz CT molecular complexity index is 1090. The van der Waals surface area contributed by atoms with Crippen molar-refractivity contribution in [3.63, 3.8) is 0 Å². The van der Waals surface area contributed by atoms with Crippen LogP contribution in [0.5, 0.6) is 5.75 Å². The first-order valence-electron chi connectivity index (χ1n) is 8.36. The summed E-state index contributed by atoms with van der Waals surface area (Å²) in [6.45, 7) is 0. The third-order valence-electron chi connectivity index (χ3n) is 4.44. The SMILES string of the molecule is COc1ccc(N2C(=O)CC(Nc3ccc4oc(=O)ccc4c3)C2=O)cc1. The number of benzene rings is 2. The van der Waals surface area contributed by atoms with Gasteiger partial charge in [0, 0.05) is 17.1 Å². The molecule has 136 valence electrons. The molecule has 1 fully saturated rings. The third-order valence-corrected chi connectivity index (χ3v) is 4.44. The number of fused-ring (bicyclic) bond motifs is 1. The Hall–Kier alpha value is -3.61. The zero-order chi connectivity index (χ0) is 19.0. The number of carbonyl (C=O) groups excluding carboxylic acids is 2. The first-order valence-corrected chi connectivity index (χ1v) is 8.36. The molecule has 1 aromatic heterocycles. The standard InChI is InChI=1S/C20H16N2O5/c1-26-15-6-4-14(5-7-15)22-18(23)11-16(20(22)25)21-13-3-8-17-12(10-13)2-9-19(24)27-17/h2-10,16,21H,11H2,1H3. The van der Waals surface area contributed by atoms with Crippen LogP contribution in [0, 0.1) is 0 Å². The summed E-state index contributed by atoms with van der Waals surface area (Å²) in [5.41, 5.74) is 1.21. The number of nitrogens with one attached hydrogen (secondary N) is 1. The van der Waals surface area contributed by atoms with Crippen LogP contribution in [0.15, 0.2) is 63.8 Å². The lowest BCUT2D eigenvalue weighted by molar-refractivity contribution is -0.121. The fraction of sp³-hybridized carbons (Fsp3) is 0.150.